The van der Waals surface area contributed by atoms with Crippen molar-refractivity contribution >= 4 is 65.1 Å². The lowest BCUT2D eigenvalue weighted by atomic mass is 9.96. The number of aromatic nitrogens is 2. The van der Waals surface area contributed by atoms with Gasteiger partial charge in [-0.1, -0.05) is 50.6 Å². The highest BCUT2D eigenvalue weighted by molar-refractivity contribution is 7.98. The molecule has 1 fully saturated rings. The first-order valence-corrected chi connectivity index (χ1v) is 21.7. The fourth-order valence-corrected chi connectivity index (χ4v) is 7.21. The van der Waals surface area contributed by atoms with Crippen molar-refractivity contribution in [1.29, 1.82) is 0 Å². The summed E-state index contributed by atoms with van der Waals surface area (Å²) in [6.45, 7) is 3.47. The number of likely N-dealkylation sites (tertiary alicyclic amines) is 1. The van der Waals surface area contributed by atoms with Crippen molar-refractivity contribution in [3.8, 4) is 0 Å². The third kappa shape index (κ3) is 15.8. The number of imidazole rings is 1. The molecule has 0 saturated carbocycles. The summed E-state index contributed by atoms with van der Waals surface area (Å²) in [5, 5.41) is 32.2. The summed E-state index contributed by atoms with van der Waals surface area (Å²) in [4.78, 5) is 126. The van der Waals surface area contributed by atoms with Crippen LogP contribution in [0.15, 0.2) is 42.9 Å². The second-order valence-electron chi connectivity index (χ2n) is 15.1. The average Bonchev–Trinajstić information content (AvgIpc) is 3.95. The maximum Gasteiger partial charge on any atom is 0.326 e. The number of aliphatic carboxylic acids is 2. The zero-order valence-electron chi connectivity index (χ0n) is 35.0. The number of amides is 7. The van der Waals surface area contributed by atoms with Crippen LogP contribution in [0, 0.1) is 5.92 Å². The van der Waals surface area contributed by atoms with E-state index in [4.69, 9.17) is 11.5 Å². The van der Waals surface area contributed by atoms with Crippen LogP contribution in [-0.2, 0) is 56.0 Å². The molecular formula is C40H58N10O11S. The summed E-state index contributed by atoms with van der Waals surface area (Å²) in [6, 6.07) is -0.788. The van der Waals surface area contributed by atoms with Gasteiger partial charge in [0, 0.05) is 37.7 Å². The lowest BCUT2D eigenvalue weighted by Gasteiger charge is -2.30. The number of carbonyl (C=O) groups is 9. The molecule has 0 spiro atoms. The van der Waals surface area contributed by atoms with Crippen molar-refractivity contribution in [2.24, 2.45) is 17.4 Å². The number of carbonyl (C=O) groups excluding carboxylic acids is 7. The van der Waals surface area contributed by atoms with E-state index in [1.165, 1.54) is 24.3 Å². The summed E-state index contributed by atoms with van der Waals surface area (Å²) >= 11 is 1.47. The number of thioether (sulfide) groups is 1. The molecule has 12 N–H and O–H groups in total. The van der Waals surface area contributed by atoms with E-state index in [9.17, 15) is 53.4 Å². The fraction of sp³-hybridized carbons (Fsp3) is 0.550. The molecule has 3 rings (SSSR count). The van der Waals surface area contributed by atoms with Crippen molar-refractivity contribution in [2.75, 3.05) is 18.6 Å². The van der Waals surface area contributed by atoms with Gasteiger partial charge in [0.15, 0.2) is 0 Å². The predicted molar refractivity (Wildman–Crippen MR) is 226 cm³/mol. The van der Waals surface area contributed by atoms with E-state index in [-0.39, 0.29) is 38.6 Å². The monoisotopic (exact) mass is 886 g/mol. The number of nitrogens with zero attached hydrogens (tertiary/aromatic N) is 2. The quantitative estimate of drug-likeness (QED) is 0.0518. The van der Waals surface area contributed by atoms with E-state index < -0.39 is 108 Å². The Morgan fingerprint density at radius 1 is 0.855 bits per heavy atom. The first kappa shape index (κ1) is 50.3. The first-order chi connectivity index (χ1) is 29.4. The van der Waals surface area contributed by atoms with Gasteiger partial charge in [-0.2, -0.15) is 11.8 Å². The summed E-state index contributed by atoms with van der Waals surface area (Å²) in [7, 11) is 0. The van der Waals surface area contributed by atoms with Gasteiger partial charge in [0.05, 0.1) is 18.8 Å². The molecule has 0 bridgehead atoms. The van der Waals surface area contributed by atoms with Crippen LogP contribution in [0.1, 0.15) is 70.1 Å². The van der Waals surface area contributed by atoms with Crippen LogP contribution in [-0.4, -0.2) is 139 Å². The van der Waals surface area contributed by atoms with Gasteiger partial charge in [-0.3, -0.25) is 38.4 Å². The second kappa shape index (κ2) is 25.0. The molecular weight excluding hydrogens is 829 g/mol. The first-order valence-electron chi connectivity index (χ1n) is 20.3. The molecule has 2 aromatic rings. The standard InChI is InChI=1S/C40H58N10O11S/c1-4-22(2)33(49-37(57)27(18-24-20-43-21-44-24)46-35(55)26(12-13-31(42)51)45-34(54)25(41)14-16-62-3)38(58)47-28(19-32(52)53)36(56)48-29(17-23-9-6-5-7-10-23)39(59)50-15-8-11-30(50)40(60)61/h5-7,9-10,20-22,25-30,33H,4,8,11-19,41H2,1-3H3,(H2,42,51)(H,43,44)(H,45,54)(H,46,55)(H,47,58)(H,48,56)(H,49,57)(H,52,53)(H,60,61)/t22-,25-,26-,27-,28-,29-,30-,33-/m0/s1. The molecule has 1 saturated heterocycles. The molecule has 62 heavy (non-hydrogen) atoms. The summed E-state index contributed by atoms with van der Waals surface area (Å²) in [5.74, 6) is -8.59. The number of nitrogens with two attached hydrogens (primary N) is 2. The van der Waals surface area contributed by atoms with Crippen LogP contribution in [0.3, 0.4) is 0 Å². The molecule has 7 amide bonds. The number of rotatable bonds is 26. The van der Waals surface area contributed by atoms with E-state index in [1.807, 2.05) is 6.26 Å². The Morgan fingerprint density at radius 2 is 1.48 bits per heavy atom. The van der Waals surface area contributed by atoms with Crippen LogP contribution in [0.25, 0.3) is 0 Å². The minimum Gasteiger partial charge on any atom is -0.481 e. The predicted octanol–water partition coefficient (Wildman–Crippen LogP) is -1.44. The molecule has 1 aromatic heterocycles. The molecule has 1 aromatic carbocycles. The van der Waals surface area contributed by atoms with Gasteiger partial charge < -0.3 is 58.1 Å². The van der Waals surface area contributed by atoms with Gasteiger partial charge in [-0.05, 0) is 49.2 Å². The van der Waals surface area contributed by atoms with Crippen molar-refractivity contribution in [3.63, 3.8) is 0 Å². The maximum atomic E-state index is 14.1. The zero-order valence-corrected chi connectivity index (χ0v) is 35.8. The minimum atomic E-state index is -1.76. The number of aromatic amines is 1. The normalized spacial score (nSPS) is 16.9. The molecule has 21 nitrogen and oxygen atoms in total. The smallest absolute Gasteiger partial charge is 0.326 e. The highest BCUT2D eigenvalue weighted by atomic mass is 32.2. The van der Waals surface area contributed by atoms with Gasteiger partial charge in [0.25, 0.3) is 0 Å². The minimum absolute atomic E-state index is 0.0745. The van der Waals surface area contributed by atoms with E-state index in [2.05, 4.69) is 36.6 Å². The molecule has 0 radical (unpaired) electrons. The Balaban J connectivity index is 1.88. The Labute approximate surface area is 363 Å². The Hall–Kier alpha value is -6.03. The number of primary amides is 1. The summed E-state index contributed by atoms with van der Waals surface area (Å²) in [6.07, 6.45) is 4.11. The van der Waals surface area contributed by atoms with Crippen LogP contribution in [0.4, 0.5) is 0 Å². The SMILES string of the molecule is CC[C@H](C)[C@H](NC(=O)[C@H](Cc1cnc[nH]1)NC(=O)[C@H](CCC(N)=O)NC(=O)[C@@H](N)CCSC)C(=O)N[C@@H](CC(=O)O)C(=O)N[C@@H](Cc1ccccc1)C(=O)N1CCC[C@H]1C(=O)O. The zero-order chi connectivity index (χ0) is 45.9. The lowest BCUT2D eigenvalue weighted by Crippen LogP contribution is -2.61. The average molecular weight is 887 g/mol. The molecule has 0 aliphatic carbocycles. The van der Waals surface area contributed by atoms with Crippen molar-refractivity contribution in [3.05, 3.63) is 54.1 Å². The number of nitrogens with one attached hydrogen (secondary N) is 6. The highest BCUT2D eigenvalue weighted by Crippen LogP contribution is 2.20. The maximum absolute atomic E-state index is 14.1. The Kier molecular flexibility index (Phi) is 20.3. The number of hydrogen-bond donors (Lipinski definition) is 10. The van der Waals surface area contributed by atoms with Crippen LogP contribution >= 0.6 is 11.8 Å². The Bertz CT molecular complexity index is 1870. The third-order valence-electron chi connectivity index (χ3n) is 10.4. The molecule has 0 unspecified atom stereocenters. The van der Waals surface area contributed by atoms with Crippen LogP contribution in [0.2, 0.25) is 0 Å². The van der Waals surface area contributed by atoms with E-state index >= 15 is 0 Å². The van der Waals surface area contributed by atoms with E-state index in [0.29, 0.717) is 36.3 Å². The van der Waals surface area contributed by atoms with Crippen molar-refractivity contribution in [1.82, 2.24) is 41.5 Å². The molecule has 2 heterocycles. The van der Waals surface area contributed by atoms with Gasteiger partial charge in [0.1, 0.15) is 36.3 Å². The molecule has 22 heteroatoms. The van der Waals surface area contributed by atoms with Crippen molar-refractivity contribution in [2.45, 2.75) is 114 Å². The van der Waals surface area contributed by atoms with Crippen LogP contribution < -0.4 is 38.1 Å². The van der Waals surface area contributed by atoms with Gasteiger partial charge in [0.2, 0.25) is 41.4 Å². The molecule has 340 valence electrons. The lowest BCUT2D eigenvalue weighted by molar-refractivity contribution is -0.149. The molecule has 8 atom stereocenters. The van der Waals surface area contributed by atoms with Gasteiger partial charge in [-0.25, -0.2) is 9.78 Å². The molecule has 1 aliphatic rings. The van der Waals surface area contributed by atoms with Crippen molar-refractivity contribution < 1.29 is 53.4 Å². The number of benzene rings is 1. The molecule has 1 aliphatic heterocycles. The van der Waals surface area contributed by atoms with Crippen LogP contribution in [0.5, 0.6) is 0 Å². The van der Waals surface area contributed by atoms with Gasteiger partial charge >= 0.3 is 11.9 Å². The number of H-pyrrole nitrogens is 1. The number of carboxylic acid groups (broad SMARTS) is 2. The van der Waals surface area contributed by atoms with E-state index in [0.717, 1.165) is 4.90 Å². The Morgan fingerprint density at radius 3 is 2.08 bits per heavy atom. The number of hydrogen-bond acceptors (Lipinski definition) is 12. The topological polar surface area (TPSA) is 338 Å². The van der Waals surface area contributed by atoms with Gasteiger partial charge in [-0.15, -0.1) is 0 Å². The fourth-order valence-electron chi connectivity index (χ4n) is 6.72. The van der Waals surface area contributed by atoms with E-state index in [1.54, 1.807) is 44.2 Å². The third-order valence-corrected chi connectivity index (χ3v) is 11.1. The summed E-state index contributed by atoms with van der Waals surface area (Å²) in [5.41, 5.74) is 12.3. The summed E-state index contributed by atoms with van der Waals surface area (Å²) < 4.78 is 0. The largest absolute Gasteiger partial charge is 0.481 e. The number of carboxylic acids is 2. The second-order valence-corrected chi connectivity index (χ2v) is 16.1. The highest BCUT2D eigenvalue weighted by Gasteiger charge is 2.40.